The first-order valence-corrected chi connectivity index (χ1v) is 5.47. The molecule has 1 atom stereocenters. The minimum Gasteiger partial charge on any atom is -0.481 e. The Bertz CT molecular complexity index is 192. The number of carboxylic acids is 1. The molecule has 0 aromatic carbocycles. The van der Waals surface area contributed by atoms with Crippen molar-refractivity contribution >= 4 is 5.97 Å². The third-order valence-corrected chi connectivity index (χ3v) is 3.92. The van der Waals surface area contributed by atoms with E-state index in [0.29, 0.717) is 6.42 Å². The van der Waals surface area contributed by atoms with E-state index in [4.69, 9.17) is 5.11 Å². The van der Waals surface area contributed by atoms with Gasteiger partial charge in [0.2, 0.25) is 0 Å². The Labute approximate surface area is 79.3 Å². The summed E-state index contributed by atoms with van der Waals surface area (Å²) in [5.74, 6) is 1.91. The molecule has 2 bridgehead atoms. The summed E-state index contributed by atoms with van der Waals surface area (Å²) in [5, 5.41) is 8.61. The zero-order valence-corrected chi connectivity index (χ0v) is 8.04. The summed E-state index contributed by atoms with van der Waals surface area (Å²) in [4.78, 5) is 10.4. The molecule has 0 spiro atoms. The first-order valence-electron chi connectivity index (χ1n) is 5.47. The highest BCUT2D eigenvalue weighted by atomic mass is 16.4. The first kappa shape index (κ1) is 9.04. The molecule has 3 fully saturated rings. The van der Waals surface area contributed by atoms with Gasteiger partial charge in [-0.2, -0.15) is 0 Å². The van der Waals surface area contributed by atoms with Crippen LogP contribution < -0.4 is 0 Å². The van der Waals surface area contributed by atoms with E-state index in [9.17, 15) is 4.79 Å². The lowest BCUT2D eigenvalue weighted by atomic mass is 9.63. The summed E-state index contributed by atoms with van der Waals surface area (Å²) in [6.07, 6.45) is 8.19. The zero-order chi connectivity index (χ0) is 9.26. The van der Waals surface area contributed by atoms with Crippen molar-refractivity contribution in [1.82, 2.24) is 0 Å². The summed E-state index contributed by atoms with van der Waals surface area (Å²) < 4.78 is 0. The highest BCUT2D eigenvalue weighted by molar-refractivity contribution is 5.66. The minimum atomic E-state index is -0.624. The quantitative estimate of drug-likeness (QED) is 0.728. The second-order valence-electron chi connectivity index (χ2n) is 4.71. The summed E-state index contributed by atoms with van der Waals surface area (Å²) in [5.41, 5.74) is 0. The van der Waals surface area contributed by atoms with Crippen molar-refractivity contribution in [3.8, 4) is 0 Å². The molecule has 3 saturated carbocycles. The van der Waals surface area contributed by atoms with Gasteiger partial charge in [0, 0.05) is 6.42 Å². The predicted molar refractivity (Wildman–Crippen MR) is 50.4 cm³/mol. The number of fused-ring (bicyclic) bond motifs is 3. The molecule has 2 heteroatoms. The molecule has 2 nitrogen and oxygen atoms in total. The lowest BCUT2D eigenvalue weighted by Crippen LogP contribution is -2.31. The summed E-state index contributed by atoms with van der Waals surface area (Å²) in [7, 11) is 0. The number of rotatable bonds is 3. The van der Waals surface area contributed by atoms with Gasteiger partial charge in [-0.05, 0) is 43.4 Å². The molecule has 3 aliphatic carbocycles. The SMILES string of the molecule is O=C(O)CCC1CC2CCC1CC2. The second-order valence-corrected chi connectivity index (χ2v) is 4.71. The molecule has 1 unspecified atom stereocenters. The summed E-state index contributed by atoms with van der Waals surface area (Å²) >= 11 is 0. The largest absolute Gasteiger partial charge is 0.481 e. The van der Waals surface area contributed by atoms with Crippen LogP contribution in [0.4, 0.5) is 0 Å². The van der Waals surface area contributed by atoms with Gasteiger partial charge in [0.25, 0.3) is 0 Å². The normalized spacial score (nSPS) is 37.7. The first-order chi connectivity index (χ1) is 6.25. The van der Waals surface area contributed by atoms with E-state index < -0.39 is 5.97 Å². The van der Waals surface area contributed by atoms with Crippen LogP contribution in [-0.4, -0.2) is 11.1 Å². The van der Waals surface area contributed by atoms with Crippen LogP contribution in [0.25, 0.3) is 0 Å². The monoisotopic (exact) mass is 182 g/mol. The molecule has 74 valence electrons. The van der Waals surface area contributed by atoms with Crippen LogP contribution in [0.15, 0.2) is 0 Å². The Kier molecular flexibility index (Phi) is 2.56. The average molecular weight is 182 g/mol. The summed E-state index contributed by atoms with van der Waals surface area (Å²) in [6, 6.07) is 0. The molecule has 0 radical (unpaired) electrons. The second kappa shape index (κ2) is 3.69. The Morgan fingerprint density at radius 2 is 1.92 bits per heavy atom. The number of aliphatic carboxylic acids is 1. The van der Waals surface area contributed by atoms with Gasteiger partial charge in [-0.3, -0.25) is 4.79 Å². The van der Waals surface area contributed by atoms with E-state index in [0.717, 1.165) is 24.2 Å². The van der Waals surface area contributed by atoms with Gasteiger partial charge in [0.15, 0.2) is 0 Å². The van der Waals surface area contributed by atoms with E-state index in [1.54, 1.807) is 0 Å². The number of carboxylic acid groups (broad SMARTS) is 1. The van der Waals surface area contributed by atoms with E-state index in [1.807, 2.05) is 0 Å². The molecular weight excluding hydrogens is 164 g/mol. The van der Waals surface area contributed by atoms with Crippen LogP contribution in [0, 0.1) is 17.8 Å². The Morgan fingerprint density at radius 1 is 1.23 bits per heavy atom. The molecule has 0 heterocycles. The molecular formula is C11H18O2. The third-order valence-electron chi connectivity index (χ3n) is 3.92. The van der Waals surface area contributed by atoms with Crippen molar-refractivity contribution < 1.29 is 9.90 Å². The lowest BCUT2D eigenvalue weighted by Gasteiger charge is -2.42. The molecule has 3 rings (SSSR count). The van der Waals surface area contributed by atoms with Gasteiger partial charge in [0.1, 0.15) is 0 Å². The fourth-order valence-corrected chi connectivity index (χ4v) is 3.18. The van der Waals surface area contributed by atoms with Gasteiger partial charge in [-0.25, -0.2) is 0 Å². The Balaban J connectivity index is 1.83. The van der Waals surface area contributed by atoms with Crippen molar-refractivity contribution in [1.29, 1.82) is 0 Å². The number of hydrogen-bond donors (Lipinski definition) is 1. The fourth-order valence-electron chi connectivity index (χ4n) is 3.18. The van der Waals surface area contributed by atoms with E-state index in [2.05, 4.69) is 0 Å². The third kappa shape index (κ3) is 2.04. The fraction of sp³-hybridized carbons (Fsp3) is 0.909. The van der Waals surface area contributed by atoms with Crippen LogP contribution in [0.2, 0.25) is 0 Å². The average Bonchev–Trinajstić information content (AvgIpc) is 2.17. The molecule has 3 aliphatic rings. The predicted octanol–water partition coefficient (Wildman–Crippen LogP) is 2.68. The van der Waals surface area contributed by atoms with Crippen molar-refractivity contribution in [3.05, 3.63) is 0 Å². The lowest BCUT2D eigenvalue weighted by molar-refractivity contribution is -0.137. The van der Waals surface area contributed by atoms with Crippen molar-refractivity contribution in [2.45, 2.75) is 44.9 Å². The van der Waals surface area contributed by atoms with E-state index >= 15 is 0 Å². The van der Waals surface area contributed by atoms with Crippen LogP contribution in [0.5, 0.6) is 0 Å². The number of carbonyl (C=O) groups is 1. The minimum absolute atomic E-state index is 0.383. The molecule has 13 heavy (non-hydrogen) atoms. The molecule has 0 aromatic rings. The zero-order valence-electron chi connectivity index (χ0n) is 8.04. The number of hydrogen-bond acceptors (Lipinski definition) is 1. The standard InChI is InChI=1S/C11H18O2/c12-11(13)6-5-10-7-8-1-3-9(10)4-2-8/h8-10H,1-7H2,(H,12,13). The van der Waals surface area contributed by atoms with Crippen LogP contribution in [0.3, 0.4) is 0 Å². The van der Waals surface area contributed by atoms with Gasteiger partial charge in [-0.1, -0.05) is 12.8 Å². The Hall–Kier alpha value is -0.530. The van der Waals surface area contributed by atoms with Crippen molar-refractivity contribution in [2.24, 2.45) is 17.8 Å². The van der Waals surface area contributed by atoms with Crippen LogP contribution >= 0.6 is 0 Å². The maximum absolute atomic E-state index is 10.4. The smallest absolute Gasteiger partial charge is 0.303 e. The van der Waals surface area contributed by atoms with Gasteiger partial charge in [-0.15, -0.1) is 0 Å². The van der Waals surface area contributed by atoms with E-state index in [1.165, 1.54) is 32.1 Å². The molecule has 0 aromatic heterocycles. The molecule has 0 saturated heterocycles. The van der Waals surface area contributed by atoms with Gasteiger partial charge >= 0.3 is 5.97 Å². The Morgan fingerprint density at radius 3 is 2.38 bits per heavy atom. The topological polar surface area (TPSA) is 37.3 Å². The van der Waals surface area contributed by atoms with Crippen LogP contribution in [-0.2, 0) is 4.79 Å². The van der Waals surface area contributed by atoms with Crippen molar-refractivity contribution in [2.75, 3.05) is 0 Å². The molecule has 0 aliphatic heterocycles. The maximum Gasteiger partial charge on any atom is 0.303 e. The summed E-state index contributed by atoms with van der Waals surface area (Å²) in [6.45, 7) is 0. The highest BCUT2D eigenvalue weighted by Crippen LogP contribution is 2.46. The van der Waals surface area contributed by atoms with Gasteiger partial charge < -0.3 is 5.11 Å². The van der Waals surface area contributed by atoms with Crippen LogP contribution in [0.1, 0.15) is 44.9 Å². The highest BCUT2D eigenvalue weighted by Gasteiger charge is 2.35. The maximum atomic E-state index is 10.4. The molecule has 1 N–H and O–H groups in total. The van der Waals surface area contributed by atoms with Crippen molar-refractivity contribution in [3.63, 3.8) is 0 Å². The van der Waals surface area contributed by atoms with E-state index in [-0.39, 0.29) is 0 Å². The van der Waals surface area contributed by atoms with Gasteiger partial charge in [0.05, 0.1) is 0 Å². The molecule has 0 amide bonds.